The van der Waals surface area contributed by atoms with Gasteiger partial charge in [-0.05, 0) is 42.3 Å². The summed E-state index contributed by atoms with van der Waals surface area (Å²) in [7, 11) is 3.30. The molecule has 0 aromatic heterocycles. The summed E-state index contributed by atoms with van der Waals surface area (Å²) in [6.07, 6.45) is 3.03. The van der Waals surface area contributed by atoms with Gasteiger partial charge in [-0.3, -0.25) is 0 Å². The smallest absolute Gasteiger partial charge is 0.195 e. The molecule has 2 atom stereocenters. The van der Waals surface area contributed by atoms with Crippen LogP contribution in [0.4, 0.5) is 0 Å². The molecule has 0 spiro atoms. The number of hydrogen-bond acceptors (Lipinski definition) is 5. The molecular weight excluding hydrogens is 388 g/mol. The third-order valence-electron chi connectivity index (χ3n) is 5.97. The van der Waals surface area contributed by atoms with Gasteiger partial charge in [0.1, 0.15) is 5.75 Å². The Bertz CT molecular complexity index is 1120. The number of hydrogen-bond donors (Lipinski definition) is 1. The lowest BCUT2D eigenvalue weighted by atomic mass is 10.00. The van der Waals surface area contributed by atoms with Crippen LogP contribution in [0.15, 0.2) is 72.8 Å². The van der Waals surface area contributed by atoms with Crippen molar-refractivity contribution in [2.75, 3.05) is 14.2 Å². The molecule has 5 heteroatoms. The van der Waals surface area contributed by atoms with Gasteiger partial charge < -0.3 is 19.6 Å². The van der Waals surface area contributed by atoms with Crippen molar-refractivity contribution in [2.24, 2.45) is 0 Å². The molecule has 0 saturated carbocycles. The van der Waals surface area contributed by atoms with Crippen LogP contribution in [0.1, 0.15) is 41.4 Å². The fourth-order valence-corrected chi connectivity index (χ4v) is 4.25. The van der Waals surface area contributed by atoms with Crippen LogP contribution in [-0.2, 0) is 6.42 Å². The summed E-state index contributed by atoms with van der Waals surface area (Å²) in [6.45, 7) is 2.17. The van der Waals surface area contributed by atoms with E-state index >= 15 is 0 Å². The molecular formula is C26H26N2O3. The lowest BCUT2D eigenvalue weighted by molar-refractivity contribution is -0.0326. The second kappa shape index (κ2) is 8.00. The van der Waals surface area contributed by atoms with E-state index in [1.54, 1.807) is 14.2 Å². The van der Waals surface area contributed by atoms with Gasteiger partial charge >= 0.3 is 0 Å². The highest BCUT2D eigenvalue weighted by molar-refractivity contribution is 5.69. The predicted molar refractivity (Wildman–Crippen MR) is 121 cm³/mol. The Morgan fingerprint density at radius 1 is 0.935 bits per heavy atom. The Morgan fingerprint density at radius 3 is 2.45 bits per heavy atom. The van der Waals surface area contributed by atoms with E-state index in [1.165, 1.54) is 5.56 Å². The summed E-state index contributed by atoms with van der Waals surface area (Å²) in [5.41, 5.74) is 9.21. The number of nitrogens with zero attached hydrogens (tertiary/aromatic N) is 1. The van der Waals surface area contributed by atoms with Gasteiger partial charge in [0.05, 0.1) is 26.0 Å². The van der Waals surface area contributed by atoms with Crippen LogP contribution in [0.5, 0.6) is 17.2 Å². The zero-order chi connectivity index (χ0) is 21.4. The van der Waals surface area contributed by atoms with Crippen LogP contribution in [0.25, 0.3) is 5.70 Å². The van der Waals surface area contributed by atoms with Gasteiger partial charge in [0.15, 0.2) is 17.7 Å². The summed E-state index contributed by atoms with van der Waals surface area (Å²) in [4.78, 5) is 0. The highest BCUT2D eigenvalue weighted by Gasteiger charge is 2.40. The Kier molecular flexibility index (Phi) is 5.04. The van der Waals surface area contributed by atoms with Crippen LogP contribution in [0.3, 0.4) is 0 Å². The van der Waals surface area contributed by atoms with E-state index in [-0.39, 0.29) is 12.3 Å². The molecule has 31 heavy (non-hydrogen) atoms. The molecule has 5 nitrogen and oxygen atoms in total. The fraction of sp³-hybridized carbons (Fsp3) is 0.231. The second-order valence-corrected chi connectivity index (χ2v) is 7.72. The lowest BCUT2D eigenvalue weighted by Crippen LogP contribution is -2.43. The van der Waals surface area contributed by atoms with Gasteiger partial charge in [-0.2, -0.15) is 5.01 Å². The third-order valence-corrected chi connectivity index (χ3v) is 5.97. The van der Waals surface area contributed by atoms with Crippen LogP contribution >= 0.6 is 0 Å². The summed E-state index contributed by atoms with van der Waals surface area (Å²) in [5, 5.41) is 2.18. The number of benzene rings is 3. The minimum absolute atomic E-state index is 0.0592. The molecule has 1 N–H and O–H groups in total. The lowest BCUT2D eigenvalue weighted by Gasteiger charge is -2.39. The predicted octanol–water partition coefficient (Wildman–Crippen LogP) is 5.26. The minimum atomic E-state index is -0.236. The number of methoxy groups -OCH3 is 2. The topological polar surface area (TPSA) is 43.0 Å². The molecule has 0 bridgehead atoms. The first-order valence-electron chi connectivity index (χ1n) is 10.6. The standard InChI is InChI=1S/C26H26N2O3/c1-4-17-9-11-18(12-10-17)26-28-22(20-7-5-6-8-23(20)31-26)16-21(27-28)19-13-14-24(29-2)25(15-19)30-3/h5-16,22,26-27H,4H2,1-3H3/t22-,26+/m1/s1. The number of hydrazine groups is 1. The fourth-order valence-electron chi connectivity index (χ4n) is 4.25. The molecule has 0 amide bonds. The van der Waals surface area contributed by atoms with Crippen LogP contribution in [0.2, 0.25) is 0 Å². The van der Waals surface area contributed by atoms with Crippen LogP contribution < -0.4 is 19.6 Å². The summed E-state index contributed by atoms with van der Waals surface area (Å²) in [5.74, 6) is 2.33. The van der Waals surface area contributed by atoms with Crippen LogP contribution in [0, 0.1) is 0 Å². The SMILES string of the molecule is CCc1ccc([C@@H]2Oc3ccccc3[C@H]3C=C(c4ccc(OC)c(OC)c4)NN32)cc1. The number of fused-ring (bicyclic) bond motifs is 3. The van der Waals surface area contributed by atoms with E-state index in [9.17, 15) is 0 Å². The molecule has 2 aliphatic heterocycles. The van der Waals surface area contributed by atoms with Crippen molar-refractivity contribution in [1.82, 2.24) is 10.4 Å². The van der Waals surface area contributed by atoms with E-state index in [0.29, 0.717) is 11.5 Å². The molecule has 2 heterocycles. The molecule has 158 valence electrons. The van der Waals surface area contributed by atoms with Gasteiger partial charge in [-0.25, -0.2) is 0 Å². The first-order valence-corrected chi connectivity index (χ1v) is 10.6. The molecule has 2 aliphatic rings. The first-order chi connectivity index (χ1) is 15.2. The Morgan fingerprint density at radius 2 is 1.71 bits per heavy atom. The zero-order valence-electron chi connectivity index (χ0n) is 18.0. The van der Waals surface area contributed by atoms with Crippen molar-refractivity contribution >= 4 is 5.70 Å². The van der Waals surface area contributed by atoms with E-state index in [4.69, 9.17) is 14.2 Å². The zero-order valence-corrected chi connectivity index (χ0v) is 18.0. The molecule has 0 saturated heterocycles. The average Bonchev–Trinajstić information content (AvgIpc) is 3.29. The van der Waals surface area contributed by atoms with Crippen molar-refractivity contribution in [1.29, 1.82) is 0 Å². The molecule has 5 rings (SSSR count). The van der Waals surface area contributed by atoms with Crippen molar-refractivity contribution in [3.8, 4) is 17.2 Å². The number of rotatable bonds is 5. The maximum absolute atomic E-state index is 6.46. The second-order valence-electron chi connectivity index (χ2n) is 7.72. The quantitative estimate of drug-likeness (QED) is 0.617. The van der Waals surface area contributed by atoms with E-state index in [1.807, 2.05) is 30.3 Å². The monoisotopic (exact) mass is 414 g/mol. The molecule has 3 aromatic rings. The molecule has 0 unspecified atom stereocenters. The van der Waals surface area contributed by atoms with Gasteiger partial charge in [-0.15, -0.1) is 0 Å². The summed E-state index contributed by atoms with van der Waals surface area (Å²) < 4.78 is 17.4. The third kappa shape index (κ3) is 3.41. The number of aryl methyl sites for hydroxylation is 1. The summed E-state index contributed by atoms with van der Waals surface area (Å²) >= 11 is 0. The van der Waals surface area contributed by atoms with Crippen molar-refractivity contribution in [3.05, 3.63) is 95.1 Å². The van der Waals surface area contributed by atoms with E-state index in [0.717, 1.165) is 34.6 Å². The summed E-state index contributed by atoms with van der Waals surface area (Å²) in [6, 6.07) is 22.9. The Labute approximate surface area is 182 Å². The van der Waals surface area contributed by atoms with E-state index in [2.05, 4.69) is 59.8 Å². The van der Waals surface area contributed by atoms with Crippen LogP contribution in [-0.4, -0.2) is 19.2 Å². The van der Waals surface area contributed by atoms with Gasteiger partial charge in [-0.1, -0.05) is 49.4 Å². The van der Waals surface area contributed by atoms with Gasteiger partial charge in [0, 0.05) is 16.7 Å². The maximum Gasteiger partial charge on any atom is 0.195 e. The average molecular weight is 415 g/mol. The number of ether oxygens (including phenoxy) is 3. The Balaban J connectivity index is 1.54. The van der Waals surface area contributed by atoms with Gasteiger partial charge in [0.25, 0.3) is 0 Å². The normalized spacial score (nSPS) is 19.5. The maximum atomic E-state index is 6.46. The highest BCUT2D eigenvalue weighted by atomic mass is 16.5. The van der Waals surface area contributed by atoms with Crippen molar-refractivity contribution in [3.63, 3.8) is 0 Å². The van der Waals surface area contributed by atoms with E-state index < -0.39 is 0 Å². The molecule has 3 aromatic carbocycles. The number of para-hydroxylation sites is 1. The highest BCUT2D eigenvalue weighted by Crippen LogP contribution is 2.46. The Hall–Kier alpha value is -3.44. The molecule has 0 fully saturated rings. The van der Waals surface area contributed by atoms with Crippen molar-refractivity contribution < 1.29 is 14.2 Å². The number of nitrogens with one attached hydrogen (secondary N) is 1. The minimum Gasteiger partial charge on any atom is -0.493 e. The first kappa shape index (κ1) is 19.5. The molecule has 0 radical (unpaired) electrons. The van der Waals surface area contributed by atoms with Gasteiger partial charge in [0.2, 0.25) is 0 Å². The molecule has 0 aliphatic carbocycles. The largest absolute Gasteiger partial charge is 0.493 e. The van der Waals surface area contributed by atoms with Crippen molar-refractivity contribution in [2.45, 2.75) is 25.6 Å².